The zero-order valence-electron chi connectivity index (χ0n) is 16.1. The number of ether oxygens (including phenoxy) is 2. The van der Waals surface area contributed by atoms with Crippen molar-refractivity contribution in [1.82, 2.24) is 14.9 Å². The summed E-state index contributed by atoms with van der Waals surface area (Å²) in [5, 5.41) is 0. The number of nitrogens with zero attached hydrogens (tertiary/aromatic N) is 3. The average Bonchev–Trinajstić information content (AvgIpc) is 3.49. The van der Waals surface area contributed by atoms with Gasteiger partial charge in [-0.15, -0.1) is 0 Å². The second kappa shape index (κ2) is 6.88. The van der Waals surface area contributed by atoms with Crippen LogP contribution in [0.3, 0.4) is 0 Å². The maximum Gasteiger partial charge on any atom is 0.131 e. The lowest BCUT2D eigenvalue weighted by Crippen LogP contribution is -2.37. The van der Waals surface area contributed by atoms with Crippen LogP contribution in [0.5, 0.6) is 5.75 Å². The van der Waals surface area contributed by atoms with Gasteiger partial charge < -0.3 is 9.47 Å². The van der Waals surface area contributed by atoms with Crippen LogP contribution in [-0.2, 0) is 24.3 Å². The van der Waals surface area contributed by atoms with Gasteiger partial charge >= 0.3 is 0 Å². The van der Waals surface area contributed by atoms with Crippen LogP contribution in [0.15, 0.2) is 24.4 Å². The van der Waals surface area contributed by atoms with Crippen molar-refractivity contribution in [1.29, 1.82) is 0 Å². The smallest absolute Gasteiger partial charge is 0.131 e. The molecule has 0 radical (unpaired) electrons. The summed E-state index contributed by atoms with van der Waals surface area (Å²) in [5.74, 6) is 2.66. The standard InChI is InChI=1S/C22H27N3O2/c1-26-13-14-3-8-21(27-2)16(9-14)12-25-17-6-7-20(25)18-11-23-22(15-4-5-15)24-19(18)10-17/h3,8-9,11,15,17,20H,4-7,10,12-13H2,1-2H3/t17-,20-/m1/s1. The van der Waals surface area contributed by atoms with Crippen molar-refractivity contribution in [3.63, 3.8) is 0 Å². The maximum atomic E-state index is 5.64. The first-order valence-electron chi connectivity index (χ1n) is 10.0. The molecule has 3 heterocycles. The molecule has 142 valence electrons. The van der Waals surface area contributed by atoms with Crippen LogP contribution in [0, 0.1) is 0 Å². The number of hydrogen-bond acceptors (Lipinski definition) is 5. The van der Waals surface area contributed by atoms with Gasteiger partial charge in [-0.1, -0.05) is 6.07 Å². The van der Waals surface area contributed by atoms with Crippen LogP contribution in [0.25, 0.3) is 0 Å². The molecule has 1 aromatic heterocycles. The van der Waals surface area contributed by atoms with Gasteiger partial charge in [-0.25, -0.2) is 9.97 Å². The Bertz CT molecular complexity index is 849. The van der Waals surface area contributed by atoms with Crippen molar-refractivity contribution in [3.05, 3.63) is 52.6 Å². The lowest BCUT2D eigenvalue weighted by Gasteiger charge is -2.36. The van der Waals surface area contributed by atoms with Gasteiger partial charge in [0.25, 0.3) is 0 Å². The minimum Gasteiger partial charge on any atom is -0.496 e. The molecule has 1 saturated heterocycles. The predicted octanol–water partition coefficient (Wildman–Crippen LogP) is 3.77. The summed E-state index contributed by atoms with van der Waals surface area (Å²) in [6.07, 6.45) is 8.12. The molecule has 0 spiro atoms. The number of rotatable bonds is 6. The SMILES string of the molecule is COCc1ccc(OC)c(CN2[C@@H]3CC[C@@H]2c2cnc(C4CC4)nc2C3)c1. The van der Waals surface area contributed by atoms with Crippen molar-refractivity contribution < 1.29 is 9.47 Å². The van der Waals surface area contributed by atoms with Crippen molar-refractivity contribution in [2.45, 2.75) is 63.3 Å². The monoisotopic (exact) mass is 365 g/mol. The van der Waals surface area contributed by atoms with Crippen LogP contribution < -0.4 is 4.74 Å². The summed E-state index contributed by atoms with van der Waals surface area (Å²) >= 11 is 0. The summed E-state index contributed by atoms with van der Waals surface area (Å²) in [4.78, 5) is 12.3. The van der Waals surface area contributed by atoms with Gasteiger partial charge in [-0.2, -0.15) is 0 Å². The molecular formula is C22H27N3O2. The lowest BCUT2D eigenvalue weighted by molar-refractivity contribution is 0.163. The molecule has 1 aromatic carbocycles. The Morgan fingerprint density at radius 2 is 2.04 bits per heavy atom. The minimum absolute atomic E-state index is 0.433. The third-order valence-electron chi connectivity index (χ3n) is 6.30. The Morgan fingerprint density at radius 1 is 1.15 bits per heavy atom. The van der Waals surface area contributed by atoms with Crippen LogP contribution >= 0.6 is 0 Å². The third-order valence-corrected chi connectivity index (χ3v) is 6.30. The number of methoxy groups -OCH3 is 2. The molecule has 2 aromatic rings. The molecule has 0 unspecified atom stereocenters. The van der Waals surface area contributed by atoms with E-state index < -0.39 is 0 Å². The lowest BCUT2D eigenvalue weighted by atomic mass is 9.97. The first-order chi connectivity index (χ1) is 13.3. The fourth-order valence-electron chi connectivity index (χ4n) is 4.78. The Hall–Kier alpha value is -1.98. The van der Waals surface area contributed by atoms with E-state index in [2.05, 4.69) is 29.3 Å². The maximum absolute atomic E-state index is 5.64. The number of fused-ring (bicyclic) bond motifs is 4. The third kappa shape index (κ3) is 3.13. The fourth-order valence-corrected chi connectivity index (χ4v) is 4.78. The predicted molar refractivity (Wildman–Crippen MR) is 103 cm³/mol. The molecule has 2 atom stereocenters. The molecule has 27 heavy (non-hydrogen) atoms. The average molecular weight is 365 g/mol. The van der Waals surface area contributed by atoms with Crippen molar-refractivity contribution in [3.8, 4) is 5.75 Å². The molecule has 5 heteroatoms. The Balaban J connectivity index is 1.43. The molecule has 2 aliphatic heterocycles. The normalized spacial score (nSPS) is 24.1. The molecular weight excluding hydrogens is 338 g/mol. The molecule has 0 amide bonds. The van der Waals surface area contributed by atoms with Gasteiger partial charge in [-0.05, 0) is 43.4 Å². The van der Waals surface area contributed by atoms with E-state index in [4.69, 9.17) is 19.4 Å². The van der Waals surface area contributed by atoms with E-state index in [1.54, 1.807) is 14.2 Å². The van der Waals surface area contributed by atoms with Gasteiger partial charge in [0.1, 0.15) is 11.6 Å². The van der Waals surface area contributed by atoms with Gasteiger partial charge in [0.05, 0.1) is 19.4 Å². The topological polar surface area (TPSA) is 47.5 Å². The van der Waals surface area contributed by atoms with E-state index in [0.29, 0.717) is 24.6 Å². The molecule has 1 saturated carbocycles. The number of benzene rings is 1. The Kier molecular flexibility index (Phi) is 4.37. The van der Waals surface area contributed by atoms with Crippen LogP contribution in [0.2, 0.25) is 0 Å². The highest BCUT2D eigenvalue weighted by atomic mass is 16.5. The first kappa shape index (κ1) is 17.1. The van der Waals surface area contributed by atoms with E-state index in [9.17, 15) is 0 Å². The molecule has 3 aliphatic rings. The summed E-state index contributed by atoms with van der Waals surface area (Å²) in [6, 6.07) is 7.38. The molecule has 2 bridgehead atoms. The van der Waals surface area contributed by atoms with Gasteiger partial charge in [0, 0.05) is 55.4 Å². The first-order valence-corrected chi connectivity index (χ1v) is 10.0. The van der Waals surface area contributed by atoms with Crippen LogP contribution in [0.4, 0.5) is 0 Å². The summed E-state index contributed by atoms with van der Waals surface area (Å²) in [6.45, 7) is 1.53. The highest BCUT2D eigenvalue weighted by Crippen LogP contribution is 2.45. The van der Waals surface area contributed by atoms with E-state index in [0.717, 1.165) is 24.5 Å². The van der Waals surface area contributed by atoms with Crippen molar-refractivity contribution >= 4 is 0 Å². The number of aromatic nitrogens is 2. The van der Waals surface area contributed by atoms with Gasteiger partial charge in [0.2, 0.25) is 0 Å². The molecule has 5 rings (SSSR count). The van der Waals surface area contributed by atoms with Gasteiger partial charge in [-0.3, -0.25) is 4.90 Å². The van der Waals surface area contributed by atoms with Crippen molar-refractivity contribution in [2.24, 2.45) is 0 Å². The van der Waals surface area contributed by atoms with E-state index >= 15 is 0 Å². The van der Waals surface area contributed by atoms with Crippen molar-refractivity contribution in [2.75, 3.05) is 14.2 Å². The van der Waals surface area contributed by atoms with E-state index in [-0.39, 0.29) is 0 Å². The highest BCUT2D eigenvalue weighted by Gasteiger charge is 2.41. The summed E-state index contributed by atoms with van der Waals surface area (Å²) < 4.78 is 10.9. The minimum atomic E-state index is 0.433. The van der Waals surface area contributed by atoms with E-state index in [1.807, 2.05) is 0 Å². The number of hydrogen-bond donors (Lipinski definition) is 0. The quantitative estimate of drug-likeness (QED) is 0.780. The fraction of sp³-hybridized carbons (Fsp3) is 0.545. The van der Waals surface area contributed by atoms with Crippen LogP contribution in [-0.4, -0.2) is 35.1 Å². The summed E-state index contributed by atoms with van der Waals surface area (Å²) in [7, 11) is 3.49. The summed E-state index contributed by atoms with van der Waals surface area (Å²) in [5.41, 5.74) is 5.08. The Labute approximate surface area is 160 Å². The van der Waals surface area contributed by atoms with Gasteiger partial charge in [0.15, 0.2) is 0 Å². The molecule has 0 N–H and O–H groups in total. The highest BCUT2D eigenvalue weighted by molar-refractivity contribution is 5.38. The van der Waals surface area contributed by atoms with Crippen LogP contribution in [0.1, 0.15) is 65.9 Å². The second-order valence-corrected chi connectivity index (χ2v) is 8.11. The molecule has 5 nitrogen and oxygen atoms in total. The molecule has 1 aliphatic carbocycles. The zero-order chi connectivity index (χ0) is 18.4. The molecule has 2 fully saturated rings. The Morgan fingerprint density at radius 3 is 2.81 bits per heavy atom. The zero-order valence-corrected chi connectivity index (χ0v) is 16.1. The van der Waals surface area contributed by atoms with E-state index in [1.165, 1.54) is 48.1 Å². The largest absolute Gasteiger partial charge is 0.496 e. The second-order valence-electron chi connectivity index (χ2n) is 8.11.